The van der Waals surface area contributed by atoms with Crippen molar-refractivity contribution >= 4 is 11.8 Å². The molecule has 0 amide bonds. The lowest BCUT2D eigenvalue weighted by Gasteiger charge is -2.39. The highest BCUT2D eigenvalue weighted by Gasteiger charge is 2.45. The Morgan fingerprint density at radius 1 is 1.13 bits per heavy atom. The first kappa shape index (κ1) is 20.6. The molecule has 0 spiro atoms. The van der Waals surface area contributed by atoms with E-state index in [1.165, 1.54) is 0 Å². The maximum atomic E-state index is 10.5. The summed E-state index contributed by atoms with van der Waals surface area (Å²) >= 11 is 0. The van der Waals surface area contributed by atoms with Crippen molar-refractivity contribution in [2.75, 3.05) is 18.1 Å². The van der Waals surface area contributed by atoms with Crippen LogP contribution in [-0.2, 0) is 11.2 Å². The fourth-order valence-corrected chi connectivity index (χ4v) is 3.62. The fourth-order valence-electron chi connectivity index (χ4n) is 3.62. The van der Waals surface area contributed by atoms with Crippen LogP contribution in [0.1, 0.15) is 11.1 Å². The first-order chi connectivity index (χ1) is 14.5. The number of phenolic OH excluding ortho intramolecular Hbond substituents is 1. The van der Waals surface area contributed by atoms with Crippen LogP contribution in [0, 0.1) is 0 Å². The number of fused-ring (bicyclic) bond motifs is 1. The molecule has 1 aromatic heterocycles. The van der Waals surface area contributed by atoms with Gasteiger partial charge in [0.05, 0.1) is 6.61 Å². The van der Waals surface area contributed by atoms with Crippen molar-refractivity contribution < 1.29 is 35.0 Å². The minimum atomic E-state index is -1.55. The average molecular weight is 416 g/mol. The number of pyridine rings is 1. The molecule has 2 aliphatic rings. The smallest absolute Gasteiger partial charge is 0.229 e. The number of hydrogen-bond donors (Lipinski definition) is 5. The third-order valence-electron chi connectivity index (χ3n) is 5.34. The van der Waals surface area contributed by atoms with Crippen LogP contribution >= 0.6 is 0 Å². The van der Waals surface area contributed by atoms with Crippen molar-refractivity contribution in [3.8, 4) is 11.5 Å². The Morgan fingerprint density at radius 3 is 2.63 bits per heavy atom. The average Bonchev–Trinajstić information content (AvgIpc) is 3.15. The monoisotopic (exact) mass is 416 g/mol. The van der Waals surface area contributed by atoms with E-state index in [4.69, 9.17) is 9.47 Å². The zero-order valence-electron chi connectivity index (χ0n) is 16.1. The Morgan fingerprint density at radius 2 is 1.90 bits per heavy atom. The van der Waals surface area contributed by atoms with Crippen molar-refractivity contribution in [3.05, 3.63) is 54.0 Å². The first-order valence-electron chi connectivity index (χ1n) is 9.66. The second-order valence-electron chi connectivity index (χ2n) is 7.30. The molecular weight excluding hydrogens is 392 g/mol. The zero-order chi connectivity index (χ0) is 21.3. The van der Waals surface area contributed by atoms with Gasteiger partial charge in [-0.05, 0) is 41.8 Å². The summed E-state index contributed by atoms with van der Waals surface area (Å²) in [5.41, 5.74) is 2.77. The Labute approximate surface area is 173 Å². The molecule has 9 heteroatoms. The number of aliphatic hydroxyl groups is 4. The molecule has 0 bridgehead atoms. The number of hydrogen-bond acceptors (Lipinski definition) is 9. The molecule has 9 nitrogen and oxygen atoms in total. The van der Waals surface area contributed by atoms with Gasteiger partial charge in [0.2, 0.25) is 6.29 Å². The van der Waals surface area contributed by atoms with Gasteiger partial charge < -0.3 is 39.9 Å². The fraction of sp³-hybridized carbons (Fsp3) is 0.381. The van der Waals surface area contributed by atoms with Gasteiger partial charge in [0.1, 0.15) is 24.4 Å². The number of aliphatic hydroxyl groups excluding tert-OH is 4. The van der Waals surface area contributed by atoms with Gasteiger partial charge in [-0.15, -0.1) is 0 Å². The summed E-state index contributed by atoms with van der Waals surface area (Å²) in [5.74, 6) is -0.0760. The van der Waals surface area contributed by atoms with Crippen LogP contribution in [-0.4, -0.2) is 74.4 Å². The summed E-state index contributed by atoms with van der Waals surface area (Å²) < 4.78 is 10.9. The van der Waals surface area contributed by atoms with Crippen molar-refractivity contribution in [2.24, 2.45) is 0 Å². The number of benzene rings is 1. The number of ether oxygens (including phenoxy) is 2. The molecule has 3 heterocycles. The maximum absolute atomic E-state index is 10.5. The van der Waals surface area contributed by atoms with Crippen LogP contribution in [0.4, 0.5) is 5.69 Å². The second-order valence-corrected chi connectivity index (χ2v) is 7.30. The van der Waals surface area contributed by atoms with Crippen molar-refractivity contribution in [3.63, 3.8) is 0 Å². The van der Waals surface area contributed by atoms with E-state index in [9.17, 15) is 25.5 Å². The van der Waals surface area contributed by atoms with Crippen LogP contribution in [0.15, 0.2) is 42.9 Å². The Bertz CT molecular complexity index is 906. The van der Waals surface area contributed by atoms with Gasteiger partial charge >= 0.3 is 0 Å². The molecule has 30 heavy (non-hydrogen) atoms. The molecular formula is C21H24N2O7. The van der Waals surface area contributed by atoms with Crippen molar-refractivity contribution in [1.29, 1.82) is 0 Å². The Balaban J connectivity index is 1.51. The van der Waals surface area contributed by atoms with Gasteiger partial charge in [0.15, 0.2) is 11.5 Å². The van der Waals surface area contributed by atoms with Crippen LogP contribution in [0.5, 0.6) is 11.5 Å². The van der Waals surface area contributed by atoms with Crippen LogP contribution in [0.2, 0.25) is 0 Å². The van der Waals surface area contributed by atoms with Crippen LogP contribution in [0.25, 0.3) is 6.08 Å². The number of rotatable bonds is 5. The van der Waals surface area contributed by atoms with E-state index >= 15 is 0 Å². The van der Waals surface area contributed by atoms with E-state index in [1.807, 2.05) is 29.3 Å². The van der Waals surface area contributed by atoms with Gasteiger partial charge in [-0.25, -0.2) is 0 Å². The quantitative estimate of drug-likeness (QED) is 0.456. The number of aromatic nitrogens is 1. The molecule has 1 aromatic carbocycles. The Hall–Kier alpha value is -2.69. The van der Waals surface area contributed by atoms with Crippen molar-refractivity contribution in [2.45, 2.75) is 37.1 Å². The van der Waals surface area contributed by atoms with Gasteiger partial charge in [-0.2, -0.15) is 0 Å². The van der Waals surface area contributed by atoms with E-state index in [-0.39, 0.29) is 11.5 Å². The van der Waals surface area contributed by atoms with Gasteiger partial charge in [0, 0.05) is 36.9 Å². The van der Waals surface area contributed by atoms with E-state index in [2.05, 4.69) is 4.98 Å². The summed E-state index contributed by atoms with van der Waals surface area (Å²) in [6.45, 7) is 0.166. The molecule has 2 aromatic rings. The second kappa shape index (κ2) is 8.58. The highest BCUT2D eigenvalue weighted by molar-refractivity contribution is 5.68. The predicted octanol–water partition coefficient (Wildman–Crippen LogP) is -0.000700. The Kier molecular flexibility index (Phi) is 5.89. The maximum Gasteiger partial charge on any atom is 0.229 e. The molecule has 0 saturated carbocycles. The van der Waals surface area contributed by atoms with E-state index in [0.717, 1.165) is 29.8 Å². The summed E-state index contributed by atoms with van der Waals surface area (Å²) in [7, 11) is 0. The highest BCUT2D eigenvalue weighted by Crippen LogP contribution is 2.39. The topological polar surface area (TPSA) is 136 Å². The molecule has 0 unspecified atom stereocenters. The molecule has 1 fully saturated rings. The van der Waals surface area contributed by atoms with Crippen LogP contribution < -0.4 is 9.64 Å². The summed E-state index contributed by atoms with van der Waals surface area (Å²) in [6, 6.07) is 7.01. The highest BCUT2D eigenvalue weighted by atomic mass is 16.7. The summed E-state index contributed by atoms with van der Waals surface area (Å²) in [4.78, 5) is 6.00. The molecule has 1 saturated heterocycles. The zero-order valence-corrected chi connectivity index (χ0v) is 16.1. The van der Waals surface area contributed by atoms with Gasteiger partial charge in [-0.3, -0.25) is 4.98 Å². The standard InChI is InChI=1S/C21H24N2O7/c24-11-17-18(26)19(27)20(28)21(30-17)29-16-9-13-4-8-23(14(13)10-15(16)25)7-3-12-1-5-22-6-2-12/h1-3,5-7,9-10,17-21,24-28H,4,8,11H2/b7-3+/t17-,18-,19+,20-,21-/m1/s1. The third-order valence-corrected chi connectivity index (χ3v) is 5.34. The SMILES string of the molecule is OC[C@H]1O[C@@H](Oc2cc3c(cc2O)N(/C=C/c2ccncc2)CC3)[C@H](O)[C@@H](O)[C@@H]1O. The van der Waals surface area contributed by atoms with E-state index in [0.29, 0.717) is 0 Å². The van der Waals surface area contributed by atoms with Crippen molar-refractivity contribution in [1.82, 2.24) is 4.98 Å². The minimum absolute atomic E-state index is 0.0815. The van der Waals surface area contributed by atoms with Gasteiger partial charge in [0.25, 0.3) is 0 Å². The lowest BCUT2D eigenvalue weighted by Crippen LogP contribution is -2.60. The first-order valence-corrected chi connectivity index (χ1v) is 9.66. The number of nitrogens with zero attached hydrogens (tertiary/aromatic N) is 2. The normalized spacial score (nSPS) is 28.7. The predicted molar refractivity (Wildman–Crippen MR) is 107 cm³/mol. The minimum Gasteiger partial charge on any atom is -0.504 e. The van der Waals surface area contributed by atoms with Crippen LogP contribution in [0.3, 0.4) is 0 Å². The molecule has 0 radical (unpaired) electrons. The molecule has 2 aliphatic heterocycles. The molecule has 5 atom stereocenters. The number of phenols is 1. The lowest BCUT2D eigenvalue weighted by molar-refractivity contribution is -0.277. The third kappa shape index (κ3) is 3.98. The van der Waals surface area contributed by atoms with E-state index < -0.39 is 37.3 Å². The summed E-state index contributed by atoms with van der Waals surface area (Å²) in [5, 5.41) is 49.7. The number of anilines is 1. The molecule has 160 valence electrons. The largest absolute Gasteiger partial charge is 0.504 e. The summed E-state index contributed by atoms with van der Waals surface area (Å²) in [6.07, 6.45) is 1.03. The van der Waals surface area contributed by atoms with Gasteiger partial charge in [-0.1, -0.05) is 0 Å². The van der Waals surface area contributed by atoms with E-state index in [1.54, 1.807) is 24.5 Å². The molecule has 0 aliphatic carbocycles. The number of aromatic hydroxyl groups is 1. The molecule has 4 rings (SSSR count). The molecule has 5 N–H and O–H groups in total. The lowest BCUT2D eigenvalue weighted by atomic mass is 9.99.